The van der Waals surface area contributed by atoms with E-state index in [2.05, 4.69) is 35.8 Å². The quantitative estimate of drug-likeness (QED) is 0.407. The van der Waals surface area contributed by atoms with Crippen molar-refractivity contribution < 1.29 is 13.8 Å². The average Bonchev–Trinajstić information content (AvgIpc) is 3.47. The summed E-state index contributed by atoms with van der Waals surface area (Å²) in [6.07, 6.45) is 0.528. The van der Waals surface area contributed by atoms with Gasteiger partial charge in [-0.1, -0.05) is 51.9 Å². The molecule has 0 aliphatic rings. The Morgan fingerprint density at radius 1 is 1.13 bits per heavy atom. The number of carbonyl (C=O) groups excluding carboxylic acids is 1. The van der Waals surface area contributed by atoms with Gasteiger partial charge in [0.25, 0.3) is 0 Å². The van der Waals surface area contributed by atoms with Crippen molar-refractivity contribution in [3.05, 3.63) is 53.4 Å². The Morgan fingerprint density at radius 3 is 2.73 bits per heavy atom. The fourth-order valence-electron chi connectivity index (χ4n) is 2.58. The van der Waals surface area contributed by atoms with Crippen LogP contribution in [0.3, 0.4) is 0 Å². The third kappa shape index (κ3) is 5.11. The molecule has 0 radical (unpaired) electrons. The third-order valence-electron chi connectivity index (χ3n) is 4.09. The van der Waals surface area contributed by atoms with Crippen LogP contribution in [0.4, 0.5) is 5.82 Å². The molecule has 0 atom stereocenters. The first kappa shape index (κ1) is 19.8. The zero-order valence-corrected chi connectivity index (χ0v) is 17.2. The first-order valence-corrected chi connectivity index (χ1v) is 10.2. The van der Waals surface area contributed by atoms with E-state index in [0.29, 0.717) is 46.4 Å². The van der Waals surface area contributed by atoms with Gasteiger partial charge in [-0.2, -0.15) is 4.98 Å². The Labute approximate surface area is 175 Å². The SMILES string of the molecule is Cc1ccc(-c2nc(SCc3noc(CCC(=O)Nc4cc(C)on4)n3)n[nH]2)cc1. The minimum absolute atomic E-state index is 0.196. The second-order valence-corrected chi connectivity index (χ2v) is 7.54. The van der Waals surface area contributed by atoms with Crippen LogP contribution in [0, 0.1) is 13.8 Å². The smallest absolute Gasteiger partial charge is 0.227 e. The molecule has 4 rings (SSSR count). The lowest BCUT2D eigenvalue weighted by Crippen LogP contribution is -2.12. The van der Waals surface area contributed by atoms with E-state index in [1.807, 2.05) is 31.2 Å². The van der Waals surface area contributed by atoms with Crippen LogP contribution >= 0.6 is 11.8 Å². The molecule has 3 heterocycles. The van der Waals surface area contributed by atoms with E-state index in [1.54, 1.807) is 13.0 Å². The lowest BCUT2D eigenvalue weighted by atomic mass is 10.1. The van der Waals surface area contributed by atoms with E-state index in [1.165, 1.54) is 17.3 Å². The Kier molecular flexibility index (Phi) is 5.89. The number of anilines is 1. The molecule has 10 nitrogen and oxygen atoms in total. The van der Waals surface area contributed by atoms with Gasteiger partial charge < -0.3 is 14.4 Å². The summed E-state index contributed by atoms with van der Waals surface area (Å²) in [5.74, 6) is 2.88. The second kappa shape index (κ2) is 8.91. The van der Waals surface area contributed by atoms with Gasteiger partial charge in [0, 0.05) is 24.5 Å². The summed E-state index contributed by atoms with van der Waals surface area (Å²) in [6.45, 7) is 3.79. The van der Waals surface area contributed by atoms with Crippen molar-refractivity contribution in [3.63, 3.8) is 0 Å². The van der Waals surface area contributed by atoms with Gasteiger partial charge in [-0.05, 0) is 13.8 Å². The summed E-state index contributed by atoms with van der Waals surface area (Å²) >= 11 is 1.40. The summed E-state index contributed by atoms with van der Waals surface area (Å²) in [7, 11) is 0. The molecule has 11 heteroatoms. The molecule has 0 aliphatic heterocycles. The first-order valence-electron chi connectivity index (χ1n) is 9.22. The van der Waals surface area contributed by atoms with Crippen LogP contribution in [0.1, 0.15) is 29.5 Å². The van der Waals surface area contributed by atoms with Crippen molar-refractivity contribution >= 4 is 23.5 Å². The maximum Gasteiger partial charge on any atom is 0.227 e. The minimum atomic E-state index is -0.207. The zero-order chi connectivity index (χ0) is 20.9. The molecule has 3 aromatic heterocycles. The van der Waals surface area contributed by atoms with Gasteiger partial charge in [-0.3, -0.25) is 9.89 Å². The van der Waals surface area contributed by atoms with Gasteiger partial charge >= 0.3 is 0 Å². The minimum Gasteiger partial charge on any atom is -0.360 e. The molecule has 2 N–H and O–H groups in total. The largest absolute Gasteiger partial charge is 0.360 e. The number of aromatic amines is 1. The number of nitrogens with one attached hydrogen (secondary N) is 2. The second-order valence-electron chi connectivity index (χ2n) is 6.60. The van der Waals surface area contributed by atoms with Gasteiger partial charge in [0.05, 0.1) is 5.75 Å². The molecule has 1 aromatic carbocycles. The summed E-state index contributed by atoms with van der Waals surface area (Å²) in [4.78, 5) is 20.7. The van der Waals surface area contributed by atoms with Crippen molar-refractivity contribution in [2.24, 2.45) is 0 Å². The van der Waals surface area contributed by atoms with Gasteiger partial charge in [0.15, 0.2) is 17.5 Å². The predicted molar refractivity (Wildman–Crippen MR) is 109 cm³/mol. The molecular weight excluding hydrogens is 406 g/mol. The first-order chi connectivity index (χ1) is 14.5. The molecule has 0 bridgehead atoms. The highest BCUT2D eigenvalue weighted by molar-refractivity contribution is 7.98. The number of aromatic nitrogens is 6. The maximum absolute atomic E-state index is 11.9. The highest BCUT2D eigenvalue weighted by Crippen LogP contribution is 2.22. The van der Waals surface area contributed by atoms with Gasteiger partial charge in [-0.25, -0.2) is 4.98 Å². The third-order valence-corrected chi connectivity index (χ3v) is 4.94. The number of benzene rings is 1. The summed E-state index contributed by atoms with van der Waals surface area (Å²) in [6, 6.07) is 9.69. The van der Waals surface area contributed by atoms with E-state index in [9.17, 15) is 4.79 Å². The van der Waals surface area contributed by atoms with Crippen LogP contribution in [-0.4, -0.2) is 36.4 Å². The average molecular weight is 425 g/mol. The Hall–Kier alpha value is -3.47. The fraction of sp³-hybridized carbons (Fsp3) is 0.263. The number of carbonyl (C=O) groups is 1. The molecule has 0 saturated carbocycles. The van der Waals surface area contributed by atoms with Crippen molar-refractivity contribution in [2.45, 2.75) is 37.6 Å². The van der Waals surface area contributed by atoms with Crippen molar-refractivity contribution in [2.75, 3.05) is 5.32 Å². The number of hydrogen-bond acceptors (Lipinski definition) is 9. The van der Waals surface area contributed by atoms with Crippen LogP contribution < -0.4 is 5.32 Å². The monoisotopic (exact) mass is 425 g/mol. The van der Waals surface area contributed by atoms with E-state index in [4.69, 9.17) is 9.05 Å². The number of H-pyrrole nitrogens is 1. The summed E-state index contributed by atoms with van der Waals surface area (Å²) < 4.78 is 10.1. The van der Waals surface area contributed by atoms with Crippen LogP contribution in [-0.2, 0) is 17.0 Å². The van der Waals surface area contributed by atoms with Crippen molar-refractivity contribution in [3.8, 4) is 11.4 Å². The lowest BCUT2D eigenvalue weighted by Gasteiger charge is -1.98. The van der Waals surface area contributed by atoms with Gasteiger partial charge in [0.2, 0.25) is 17.0 Å². The summed E-state index contributed by atoms with van der Waals surface area (Å²) in [5, 5.41) is 18.0. The van der Waals surface area contributed by atoms with E-state index >= 15 is 0 Å². The fourth-order valence-corrected chi connectivity index (χ4v) is 3.22. The number of thioether (sulfide) groups is 1. The molecule has 0 fully saturated rings. The van der Waals surface area contributed by atoms with E-state index < -0.39 is 0 Å². The number of hydrogen-bond donors (Lipinski definition) is 2. The predicted octanol–water partition coefficient (Wildman–Crippen LogP) is 3.32. The summed E-state index contributed by atoms with van der Waals surface area (Å²) in [5.41, 5.74) is 2.16. The van der Waals surface area contributed by atoms with Crippen LogP contribution in [0.2, 0.25) is 0 Å². The van der Waals surface area contributed by atoms with Gasteiger partial charge in [-0.15, -0.1) is 5.10 Å². The van der Waals surface area contributed by atoms with Crippen LogP contribution in [0.25, 0.3) is 11.4 Å². The molecule has 30 heavy (non-hydrogen) atoms. The number of nitrogens with zero attached hydrogens (tertiary/aromatic N) is 5. The van der Waals surface area contributed by atoms with Crippen LogP contribution in [0.15, 0.2) is 44.5 Å². The molecule has 4 aromatic rings. The van der Waals surface area contributed by atoms with Crippen molar-refractivity contribution in [1.29, 1.82) is 0 Å². The maximum atomic E-state index is 11.9. The lowest BCUT2D eigenvalue weighted by molar-refractivity contribution is -0.116. The molecule has 0 saturated heterocycles. The van der Waals surface area contributed by atoms with E-state index in [-0.39, 0.29) is 12.3 Å². The topological polar surface area (TPSA) is 136 Å². The molecule has 154 valence electrons. The van der Waals surface area contributed by atoms with Gasteiger partial charge in [0.1, 0.15) is 5.76 Å². The standard InChI is InChI=1S/C19H19N7O3S/c1-11-3-5-13(6-4-11)18-22-19(24-23-18)30-10-15-21-17(29-26-15)8-7-16(27)20-14-9-12(2)28-25-14/h3-6,9H,7-8,10H2,1-2H3,(H,20,25,27)(H,22,23,24). The zero-order valence-electron chi connectivity index (χ0n) is 16.4. The Bertz CT molecular complexity index is 1130. The van der Waals surface area contributed by atoms with Crippen LogP contribution in [0.5, 0.6) is 0 Å². The highest BCUT2D eigenvalue weighted by atomic mass is 32.2. The Morgan fingerprint density at radius 2 is 1.97 bits per heavy atom. The molecule has 0 aliphatic carbocycles. The number of rotatable bonds is 8. The van der Waals surface area contributed by atoms with E-state index in [0.717, 1.165) is 5.56 Å². The molecular formula is C19H19N7O3S. The van der Waals surface area contributed by atoms with Crippen molar-refractivity contribution in [1.82, 2.24) is 30.5 Å². The highest BCUT2D eigenvalue weighted by Gasteiger charge is 2.13. The molecule has 1 amide bonds. The number of amides is 1. The normalized spacial score (nSPS) is 11.0. The molecule has 0 unspecified atom stereocenters. The molecule has 0 spiro atoms. The Balaban J connectivity index is 1.25. The number of aryl methyl sites for hydroxylation is 3.